The normalized spacial score (nSPS) is 16.3. The zero-order chi connectivity index (χ0) is 26.2. The molecule has 0 spiro atoms. The monoisotopic (exact) mass is 527 g/mol. The zero-order valence-corrected chi connectivity index (χ0v) is 20.9. The molecule has 4 rings (SSSR count). The van der Waals surface area contributed by atoms with Crippen LogP contribution in [0.4, 0.5) is 18.9 Å². The molecule has 3 aromatic rings. The summed E-state index contributed by atoms with van der Waals surface area (Å²) < 4.78 is 49.6. The number of anilines is 1. The molecular weight excluding hydrogens is 499 g/mol. The average Bonchev–Trinajstić information content (AvgIpc) is 2.87. The summed E-state index contributed by atoms with van der Waals surface area (Å²) in [5.41, 5.74) is 9.63. The maximum atomic E-state index is 15.1. The average molecular weight is 528 g/mol. The Balaban J connectivity index is 1.49. The highest BCUT2D eigenvalue weighted by Gasteiger charge is 2.29. The van der Waals surface area contributed by atoms with Gasteiger partial charge in [-0.3, -0.25) is 10.3 Å². The fourth-order valence-corrected chi connectivity index (χ4v) is 4.35. The molecule has 1 saturated heterocycles. The lowest BCUT2D eigenvalue weighted by molar-refractivity contribution is 0.0411. The van der Waals surface area contributed by atoms with Gasteiger partial charge in [-0.25, -0.2) is 13.2 Å². The van der Waals surface area contributed by atoms with Gasteiger partial charge in [0.05, 0.1) is 31.2 Å². The van der Waals surface area contributed by atoms with Crippen molar-refractivity contribution < 1.29 is 17.9 Å². The minimum absolute atomic E-state index is 0.0301. The van der Waals surface area contributed by atoms with Crippen LogP contribution < -0.4 is 16.1 Å². The van der Waals surface area contributed by atoms with Crippen molar-refractivity contribution in [2.75, 3.05) is 31.1 Å². The topological polar surface area (TPSA) is 66.1 Å². The minimum atomic E-state index is -0.621. The molecule has 0 amide bonds. The van der Waals surface area contributed by atoms with E-state index in [0.29, 0.717) is 39.4 Å². The number of halogens is 3. The number of hydrogen-bond donors (Lipinski definition) is 2. The Labute approximate surface area is 219 Å². The van der Waals surface area contributed by atoms with Gasteiger partial charge in [0.15, 0.2) is 5.11 Å². The highest BCUT2D eigenvalue weighted by molar-refractivity contribution is 7.80. The van der Waals surface area contributed by atoms with E-state index in [2.05, 4.69) is 27.6 Å². The number of thiocarbonyl (C=S) groups is 1. The van der Waals surface area contributed by atoms with Crippen molar-refractivity contribution in [2.24, 2.45) is 10.8 Å². The van der Waals surface area contributed by atoms with Crippen LogP contribution in [0.25, 0.3) is 0 Å². The Morgan fingerprint density at radius 1 is 1.03 bits per heavy atom. The summed E-state index contributed by atoms with van der Waals surface area (Å²) in [5, 5.41) is 3.62. The largest absolute Gasteiger partial charge is 0.375 e. The van der Waals surface area contributed by atoms with Gasteiger partial charge in [0.1, 0.15) is 17.5 Å². The number of piperazine rings is 1. The molecule has 0 bridgehead atoms. The van der Waals surface area contributed by atoms with Gasteiger partial charge in [0, 0.05) is 37.8 Å². The van der Waals surface area contributed by atoms with Gasteiger partial charge in [0.2, 0.25) is 0 Å². The standard InChI is InChI=1S/C27H28F3N5OS/c28-22-8-4-7-20(11-22)15-34-9-10-35(16-23(34)18-36-17-19-5-2-1-3-6-19)26-13-24(29)21(12-25(26)30)14-32-33-27(31)37/h1-8,11-14,23H,9-10,15-18H2,(H3,31,33,37)/t23-/m1/s1. The maximum Gasteiger partial charge on any atom is 0.184 e. The third-order valence-electron chi connectivity index (χ3n) is 6.09. The van der Waals surface area contributed by atoms with E-state index in [0.717, 1.165) is 23.4 Å². The molecule has 10 heteroatoms. The van der Waals surface area contributed by atoms with E-state index in [9.17, 15) is 8.78 Å². The number of ether oxygens (including phenoxy) is 1. The maximum absolute atomic E-state index is 15.1. The quantitative estimate of drug-likeness (QED) is 0.247. The van der Waals surface area contributed by atoms with Gasteiger partial charge in [-0.05, 0) is 41.5 Å². The van der Waals surface area contributed by atoms with E-state index in [1.54, 1.807) is 6.07 Å². The van der Waals surface area contributed by atoms with E-state index in [1.807, 2.05) is 41.3 Å². The molecular formula is C27H28F3N5OS. The number of rotatable bonds is 9. The molecule has 1 aliphatic rings. The summed E-state index contributed by atoms with van der Waals surface area (Å²) in [7, 11) is 0. The van der Waals surface area contributed by atoms with Crippen LogP contribution in [-0.2, 0) is 17.9 Å². The Hall–Kier alpha value is -3.47. The van der Waals surface area contributed by atoms with Crippen LogP contribution in [0.1, 0.15) is 16.7 Å². The third kappa shape index (κ3) is 7.51. The first-order valence-corrected chi connectivity index (χ1v) is 12.2. The Morgan fingerprint density at radius 3 is 2.57 bits per heavy atom. The highest BCUT2D eigenvalue weighted by atomic mass is 32.1. The zero-order valence-electron chi connectivity index (χ0n) is 20.1. The van der Waals surface area contributed by atoms with Crippen LogP contribution in [0.5, 0.6) is 0 Å². The molecule has 37 heavy (non-hydrogen) atoms. The van der Waals surface area contributed by atoms with E-state index < -0.39 is 11.6 Å². The van der Waals surface area contributed by atoms with E-state index >= 15 is 4.39 Å². The van der Waals surface area contributed by atoms with Gasteiger partial charge in [-0.15, -0.1) is 0 Å². The van der Waals surface area contributed by atoms with Gasteiger partial charge in [0.25, 0.3) is 0 Å². The van der Waals surface area contributed by atoms with Crippen molar-refractivity contribution in [1.82, 2.24) is 10.3 Å². The second-order valence-corrected chi connectivity index (χ2v) is 9.20. The summed E-state index contributed by atoms with van der Waals surface area (Å²) in [6.07, 6.45) is 1.12. The first kappa shape index (κ1) is 26.6. The number of hydrazone groups is 1. The van der Waals surface area contributed by atoms with Crippen LogP contribution in [0.2, 0.25) is 0 Å². The van der Waals surface area contributed by atoms with Crippen LogP contribution in [0, 0.1) is 17.5 Å². The lowest BCUT2D eigenvalue weighted by Crippen LogP contribution is -2.54. The van der Waals surface area contributed by atoms with Crippen LogP contribution in [-0.4, -0.2) is 48.5 Å². The van der Waals surface area contributed by atoms with Crippen LogP contribution in [0.3, 0.4) is 0 Å². The predicted octanol–water partition coefficient (Wildman–Crippen LogP) is 4.18. The molecule has 0 radical (unpaired) electrons. The van der Waals surface area contributed by atoms with Crippen LogP contribution in [0.15, 0.2) is 71.8 Å². The van der Waals surface area contributed by atoms with Gasteiger partial charge < -0.3 is 15.4 Å². The summed E-state index contributed by atoms with van der Waals surface area (Å²) >= 11 is 4.65. The lowest BCUT2D eigenvalue weighted by atomic mass is 10.1. The molecule has 6 nitrogen and oxygen atoms in total. The lowest BCUT2D eigenvalue weighted by Gasteiger charge is -2.42. The predicted molar refractivity (Wildman–Crippen MR) is 143 cm³/mol. The third-order valence-corrected chi connectivity index (χ3v) is 6.18. The van der Waals surface area contributed by atoms with Crippen molar-refractivity contribution in [3.63, 3.8) is 0 Å². The fourth-order valence-electron chi connectivity index (χ4n) is 4.29. The SMILES string of the molecule is NC(=S)NN=Cc1cc(F)c(N2CCN(Cc3cccc(F)c3)[C@@H](COCc3ccccc3)C2)cc1F. The molecule has 0 aromatic heterocycles. The second kappa shape index (κ2) is 12.7. The molecule has 194 valence electrons. The van der Waals surface area contributed by atoms with Crippen LogP contribution >= 0.6 is 12.2 Å². The molecule has 1 fully saturated rings. The highest BCUT2D eigenvalue weighted by Crippen LogP contribution is 2.26. The number of nitrogens with one attached hydrogen (secondary N) is 1. The smallest absolute Gasteiger partial charge is 0.184 e. The van der Waals surface area contributed by atoms with Crippen molar-refractivity contribution in [2.45, 2.75) is 19.2 Å². The minimum Gasteiger partial charge on any atom is -0.375 e. The van der Waals surface area contributed by atoms with Gasteiger partial charge in [-0.2, -0.15) is 5.10 Å². The number of nitrogens with two attached hydrogens (primary N) is 1. The second-order valence-electron chi connectivity index (χ2n) is 8.76. The molecule has 1 atom stereocenters. The molecule has 1 aliphatic heterocycles. The first-order chi connectivity index (χ1) is 17.9. The van der Waals surface area contributed by atoms with E-state index in [1.165, 1.54) is 18.2 Å². The number of hydrogen-bond acceptors (Lipinski definition) is 5. The van der Waals surface area contributed by atoms with Crippen molar-refractivity contribution >= 4 is 29.2 Å². The van der Waals surface area contributed by atoms with Crippen molar-refractivity contribution in [3.05, 3.63) is 101 Å². The molecule has 0 aliphatic carbocycles. The molecule has 0 saturated carbocycles. The number of nitrogens with zero attached hydrogens (tertiary/aromatic N) is 3. The summed E-state index contributed by atoms with van der Waals surface area (Å²) in [6.45, 7) is 2.78. The van der Waals surface area contributed by atoms with E-state index in [4.69, 9.17) is 10.5 Å². The van der Waals surface area contributed by atoms with Gasteiger partial charge in [-0.1, -0.05) is 42.5 Å². The molecule has 3 aromatic carbocycles. The summed E-state index contributed by atoms with van der Waals surface area (Å²) in [4.78, 5) is 4.00. The van der Waals surface area contributed by atoms with Crippen molar-refractivity contribution in [3.8, 4) is 0 Å². The summed E-state index contributed by atoms with van der Waals surface area (Å²) in [5.74, 6) is -1.48. The Bertz CT molecular complexity index is 1240. The molecule has 3 N–H and O–H groups in total. The first-order valence-electron chi connectivity index (χ1n) is 11.8. The summed E-state index contributed by atoms with van der Waals surface area (Å²) in [6, 6.07) is 18.4. The fraction of sp³-hybridized carbons (Fsp3) is 0.259. The molecule has 0 unspecified atom stereocenters. The van der Waals surface area contributed by atoms with Gasteiger partial charge >= 0.3 is 0 Å². The number of benzene rings is 3. The van der Waals surface area contributed by atoms with Crippen molar-refractivity contribution in [1.29, 1.82) is 0 Å². The van der Waals surface area contributed by atoms with E-state index in [-0.39, 0.29) is 28.2 Å². The Kier molecular flexibility index (Phi) is 9.10. The molecule has 1 heterocycles. The Morgan fingerprint density at radius 2 is 1.81 bits per heavy atom.